The van der Waals surface area contributed by atoms with E-state index in [2.05, 4.69) is 60.7 Å². The minimum atomic E-state index is 0.492. The first-order chi connectivity index (χ1) is 16.7. The Morgan fingerprint density at radius 2 is 1.97 bits per heavy atom. The number of benzene rings is 1. The third kappa shape index (κ3) is 4.97. The van der Waals surface area contributed by atoms with Gasteiger partial charge in [-0.15, -0.1) is 0 Å². The number of H-pyrrole nitrogens is 1. The van der Waals surface area contributed by atoms with Crippen LogP contribution >= 0.6 is 11.3 Å². The lowest BCUT2D eigenvalue weighted by molar-refractivity contribution is 0.407. The van der Waals surface area contributed by atoms with Crippen LogP contribution in [-0.4, -0.2) is 50.1 Å². The number of aryl methyl sites for hydroxylation is 1. The van der Waals surface area contributed by atoms with Crippen LogP contribution in [0.25, 0.3) is 21.4 Å². The van der Waals surface area contributed by atoms with Crippen LogP contribution in [0, 0.1) is 6.92 Å². The molecule has 9 nitrogen and oxygen atoms in total. The molecule has 0 saturated carbocycles. The zero-order valence-corrected chi connectivity index (χ0v) is 19.9. The maximum absolute atomic E-state index is 5.38. The van der Waals surface area contributed by atoms with E-state index in [0.29, 0.717) is 12.4 Å². The summed E-state index contributed by atoms with van der Waals surface area (Å²) in [6.45, 7) is 4.26. The van der Waals surface area contributed by atoms with Gasteiger partial charge in [-0.2, -0.15) is 0 Å². The van der Waals surface area contributed by atoms with Gasteiger partial charge in [0.05, 0.1) is 29.7 Å². The third-order valence-corrected chi connectivity index (χ3v) is 6.50. The number of imidazole rings is 1. The van der Waals surface area contributed by atoms with E-state index in [1.54, 1.807) is 31.0 Å². The molecular formula is C24H26N8OS. The molecule has 0 aliphatic rings. The summed E-state index contributed by atoms with van der Waals surface area (Å²) in [6.07, 6.45) is 4.99. The molecule has 4 heterocycles. The summed E-state index contributed by atoms with van der Waals surface area (Å²) >= 11 is 1.60. The maximum Gasteiger partial charge on any atom is 0.157 e. The van der Waals surface area contributed by atoms with E-state index in [-0.39, 0.29) is 0 Å². The standard InChI is InChI=1S/C24H26N8OS/c1-15-5-6-16-17(12-15)31-20(30-16)7-10-25-11-8-21-32-22-23(28-14-29-24(22)34-21)27-13-18-19(33-2)4-3-9-26-18/h3-6,9,12,14,25H,7-8,10-11,13H2,1-2H3,(H,30,31)(H,27,28,29). The first-order valence-corrected chi connectivity index (χ1v) is 12.0. The van der Waals surface area contributed by atoms with Crippen LogP contribution in [-0.2, 0) is 19.4 Å². The Kier molecular flexibility index (Phi) is 6.59. The number of pyridine rings is 1. The van der Waals surface area contributed by atoms with Gasteiger partial charge in [0.25, 0.3) is 0 Å². The number of nitrogens with zero attached hydrogens (tertiary/aromatic N) is 5. The topological polar surface area (TPSA) is 114 Å². The monoisotopic (exact) mass is 474 g/mol. The minimum absolute atomic E-state index is 0.492. The zero-order valence-electron chi connectivity index (χ0n) is 19.1. The van der Waals surface area contributed by atoms with Gasteiger partial charge in [-0.05, 0) is 36.8 Å². The van der Waals surface area contributed by atoms with Gasteiger partial charge in [0, 0.05) is 32.1 Å². The number of anilines is 1. The Balaban J connectivity index is 1.15. The molecule has 4 aromatic heterocycles. The fourth-order valence-electron chi connectivity index (χ4n) is 3.76. The number of ether oxygens (including phenoxy) is 1. The summed E-state index contributed by atoms with van der Waals surface area (Å²) in [4.78, 5) is 26.9. The van der Waals surface area contributed by atoms with Crippen LogP contribution in [0.3, 0.4) is 0 Å². The molecule has 0 bridgehead atoms. The lowest BCUT2D eigenvalue weighted by atomic mass is 10.2. The zero-order chi connectivity index (χ0) is 23.3. The van der Waals surface area contributed by atoms with Crippen molar-refractivity contribution in [3.05, 3.63) is 64.9 Å². The number of methoxy groups -OCH3 is 1. The highest BCUT2D eigenvalue weighted by Gasteiger charge is 2.12. The van der Waals surface area contributed by atoms with Gasteiger partial charge in [0.2, 0.25) is 0 Å². The molecule has 0 spiro atoms. The molecule has 0 atom stereocenters. The first-order valence-electron chi connectivity index (χ1n) is 11.2. The highest BCUT2D eigenvalue weighted by Crippen LogP contribution is 2.25. The number of hydrogen-bond acceptors (Lipinski definition) is 9. The molecule has 0 saturated heterocycles. The van der Waals surface area contributed by atoms with Crippen LogP contribution in [0.1, 0.15) is 22.1 Å². The molecule has 5 aromatic rings. The van der Waals surface area contributed by atoms with Crippen molar-refractivity contribution in [2.75, 3.05) is 25.5 Å². The van der Waals surface area contributed by atoms with Crippen molar-refractivity contribution in [2.24, 2.45) is 0 Å². The van der Waals surface area contributed by atoms with Gasteiger partial charge < -0.3 is 20.4 Å². The average molecular weight is 475 g/mol. The third-order valence-electron chi connectivity index (χ3n) is 5.47. The molecular weight excluding hydrogens is 448 g/mol. The van der Waals surface area contributed by atoms with E-state index >= 15 is 0 Å². The van der Waals surface area contributed by atoms with Crippen LogP contribution < -0.4 is 15.4 Å². The highest BCUT2D eigenvalue weighted by molar-refractivity contribution is 7.18. The molecule has 0 radical (unpaired) electrons. The van der Waals surface area contributed by atoms with E-state index in [1.807, 2.05) is 12.1 Å². The van der Waals surface area contributed by atoms with Gasteiger partial charge >= 0.3 is 0 Å². The number of nitrogens with one attached hydrogen (secondary N) is 3. The molecule has 0 aliphatic heterocycles. The van der Waals surface area contributed by atoms with Gasteiger partial charge in [0.15, 0.2) is 5.82 Å². The smallest absolute Gasteiger partial charge is 0.157 e. The first kappa shape index (κ1) is 22.2. The molecule has 0 amide bonds. The average Bonchev–Trinajstić information content (AvgIpc) is 3.46. The van der Waals surface area contributed by atoms with Gasteiger partial charge in [-0.1, -0.05) is 17.4 Å². The van der Waals surface area contributed by atoms with E-state index in [0.717, 1.165) is 69.6 Å². The number of rotatable bonds is 10. The number of hydrogen-bond donors (Lipinski definition) is 3. The molecule has 0 unspecified atom stereocenters. The second-order valence-corrected chi connectivity index (χ2v) is 9.01. The molecule has 0 fully saturated rings. The van der Waals surface area contributed by atoms with Crippen molar-refractivity contribution < 1.29 is 4.74 Å². The number of aromatic nitrogens is 6. The Morgan fingerprint density at radius 1 is 1.06 bits per heavy atom. The number of aromatic amines is 1. The maximum atomic E-state index is 5.38. The molecule has 34 heavy (non-hydrogen) atoms. The Labute approximate surface area is 201 Å². The van der Waals surface area contributed by atoms with E-state index in [1.165, 1.54) is 5.56 Å². The second-order valence-electron chi connectivity index (χ2n) is 7.94. The van der Waals surface area contributed by atoms with Crippen LogP contribution in [0.15, 0.2) is 42.9 Å². The largest absolute Gasteiger partial charge is 0.495 e. The Hall–Kier alpha value is -3.63. The molecule has 3 N–H and O–H groups in total. The predicted octanol–water partition coefficient (Wildman–Crippen LogP) is 3.66. The van der Waals surface area contributed by atoms with Gasteiger partial charge in [0.1, 0.15) is 33.9 Å². The lowest BCUT2D eigenvalue weighted by Crippen LogP contribution is -2.20. The van der Waals surface area contributed by atoms with E-state index in [4.69, 9.17) is 9.72 Å². The molecule has 10 heteroatoms. The number of thiazole rings is 1. The molecule has 1 aromatic carbocycles. The van der Waals surface area contributed by atoms with Crippen LogP contribution in [0.2, 0.25) is 0 Å². The lowest BCUT2D eigenvalue weighted by Gasteiger charge is -2.08. The summed E-state index contributed by atoms with van der Waals surface area (Å²) < 4.78 is 5.38. The summed E-state index contributed by atoms with van der Waals surface area (Å²) in [5, 5.41) is 7.84. The summed E-state index contributed by atoms with van der Waals surface area (Å²) in [5.41, 5.74) is 4.95. The van der Waals surface area contributed by atoms with Gasteiger partial charge in [-0.25, -0.2) is 19.9 Å². The Morgan fingerprint density at radius 3 is 2.88 bits per heavy atom. The fourth-order valence-corrected chi connectivity index (χ4v) is 4.67. The molecule has 5 rings (SSSR count). The van der Waals surface area contributed by atoms with Crippen molar-refractivity contribution in [2.45, 2.75) is 26.3 Å². The summed E-state index contributed by atoms with van der Waals surface area (Å²) in [7, 11) is 1.64. The quantitative estimate of drug-likeness (QED) is 0.263. The van der Waals surface area contributed by atoms with Crippen molar-refractivity contribution in [1.82, 2.24) is 35.2 Å². The normalized spacial score (nSPS) is 11.4. The van der Waals surface area contributed by atoms with E-state index < -0.39 is 0 Å². The predicted molar refractivity (Wildman–Crippen MR) is 134 cm³/mol. The highest BCUT2D eigenvalue weighted by atomic mass is 32.1. The van der Waals surface area contributed by atoms with Crippen molar-refractivity contribution in [3.8, 4) is 5.75 Å². The Bertz CT molecular complexity index is 1410. The summed E-state index contributed by atoms with van der Waals surface area (Å²) in [6, 6.07) is 10.0. The van der Waals surface area contributed by atoms with Crippen LogP contribution in [0.5, 0.6) is 5.75 Å². The second kappa shape index (κ2) is 10.1. The fraction of sp³-hybridized carbons (Fsp3) is 0.292. The number of fused-ring (bicyclic) bond motifs is 2. The van der Waals surface area contributed by atoms with Crippen LogP contribution in [0.4, 0.5) is 5.82 Å². The van der Waals surface area contributed by atoms with Crippen molar-refractivity contribution >= 4 is 38.5 Å². The molecule has 0 aliphatic carbocycles. The van der Waals surface area contributed by atoms with Crippen molar-refractivity contribution in [3.63, 3.8) is 0 Å². The SMILES string of the molecule is COc1cccnc1CNc1ncnc2sc(CCNCCc3nc4ccc(C)cc4[nH]3)nc12. The summed E-state index contributed by atoms with van der Waals surface area (Å²) in [5.74, 6) is 2.44. The van der Waals surface area contributed by atoms with Gasteiger partial charge in [-0.3, -0.25) is 4.98 Å². The molecule has 174 valence electrons. The van der Waals surface area contributed by atoms with Crippen molar-refractivity contribution in [1.29, 1.82) is 0 Å². The minimum Gasteiger partial charge on any atom is -0.495 e. The van der Waals surface area contributed by atoms with E-state index in [9.17, 15) is 0 Å².